The summed E-state index contributed by atoms with van der Waals surface area (Å²) >= 11 is 0. The quantitative estimate of drug-likeness (QED) is 0.832. The van der Waals surface area contributed by atoms with Crippen LogP contribution in [0.5, 0.6) is 0 Å². The Morgan fingerprint density at radius 1 is 1.07 bits per heavy atom. The minimum atomic E-state index is 0.0957. The lowest BCUT2D eigenvalue weighted by Crippen LogP contribution is -2.38. The van der Waals surface area contributed by atoms with Gasteiger partial charge in [-0.25, -0.2) is 0 Å². The first kappa shape index (κ1) is 17.8. The van der Waals surface area contributed by atoms with E-state index in [9.17, 15) is 9.59 Å². The van der Waals surface area contributed by atoms with Gasteiger partial charge in [0.2, 0.25) is 5.91 Å². The summed E-state index contributed by atoms with van der Waals surface area (Å²) in [6.45, 7) is 4.28. The fourth-order valence-corrected chi connectivity index (χ4v) is 4.33. The van der Waals surface area contributed by atoms with Crippen LogP contribution in [0.4, 0.5) is 5.69 Å². The van der Waals surface area contributed by atoms with Gasteiger partial charge in [0.15, 0.2) is 0 Å². The van der Waals surface area contributed by atoms with Gasteiger partial charge in [0.25, 0.3) is 5.91 Å². The summed E-state index contributed by atoms with van der Waals surface area (Å²) in [5.74, 6) is 0.865. The van der Waals surface area contributed by atoms with E-state index in [0.29, 0.717) is 24.4 Å². The molecular weight excluding hydrogens is 336 g/mol. The van der Waals surface area contributed by atoms with Crippen LogP contribution < -0.4 is 4.90 Å². The maximum Gasteiger partial charge on any atom is 0.253 e. The molecule has 4 nitrogen and oxygen atoms in total. The molecule has 4 rings (SSSR count). The fraction of sp³-hybridized carbons (Fsp3) is 0.391. The number of likely N-dealkylation sites (N-methyl/N-ethyl adjacent to an activating group) is 1. The number of carbonyl (C=O) groups excluding carboxylic acids is 2. The van der Waals surface area contributed by atoms with Crippen LogP contribution >= 0.6 is 0 Å². The van der Waals surface area contributed by atoms with Crippen LogP contribution in [0.15, 0.2) is 48.5 Å². The predicted molar refractivity (Wildman–Crippen MR) is 107 cm³/mol. The van der Waals surface area contributed by atoms with Crippen molar-refractivity contribution in [1.82, 2.24) is 4.90 Å². The molecule has 0 aliphatic carbocycles. The van der Waals surface area contributed by atoms with Crippen LogP contribution in [-0.2, 0) is 17.6 Å². The Bertz CT molecular complexity index is 839. The first-order valence-electron chi connectivity index (χ1n) is 9.92. The van der Waals surface area contributed by atoms with Crippen molar-refractivity contribution < 1.29 is 9.59 Å². The van der Waals surface area contributed by atoms with E-state index in [1.807, 2.05) is 30.0 Å². The Morgan fingerprint density at radius 2 is 1.81 bits per heavy atom. The minimum Gasteiger partial charge on any atom is -0.339 e. The zero-order valence-corrected chi connectivity index (χ0v) is 15.9. The van der Waals surface area contributed by atoms with Crippen LogP contribution in [0.1, 0.15) is 41.3 Å². The Hall–Kier alpha value is -2.62. The second kappa shape index (κ2) is 7.55. The van der Waals surface area contributed by atoms with E-state index in [1.165, 1.54) is 5.56 Å². The largest absolute Gasteiger partial charge is 0.339 e. The number of carbonyl (C=O) groups is 2. The number of likely N-dealkylation sites (tertiary alicyclic amines) is 1. The third kappa shape index (κ3) is 3.61. The van der Waals surface area contributed by atoms with E-state index < -0.39 is 0 Å². The third-order valence-corrected chi connectivity index (χ3v) is 5.85. The van der Waals surface area contributed by atoms with Gasteiger partial charge in [0, 0.05) is 30.9 Å². The number of fused-ring (bicyclic) bond motifs is 1. The van der Waals surface area contributed by atoms with E-state index in [2.05, 4.69) is 30.3 Å². The van der Waals surface area contributed by atoms with E-state index in [-0.39, 0.29) is 11.8 Å². The average Bonchev–Trinajstić information content (AvgIpc) is 3.03. The third-order valence-electron chi connectivity index (χ3n) is 5.85. The topological polar surface area (TPSA) is 40.6 Å². The number of rotatable bonds is 4. The minimum absolute atomic E-state index is 0.0957. The molecule has 0 atom stereocenters. The lowest BCUT2D eigenvalue weighted by atomic mass is 9.90. The Kier molecular flexibility index (Phi) is 4.97. The van der Waals surface area contributed by atoms with Gasteiger partial charge in [-0.3, -0.25) is 9.59 Å². The number of piperidine rings is 1. The van der Waals surface area contributed by atoms with Gasteiger partial charge >= 0.3 is 0 Å². The second-order valence-corrected chi connectivity index (χ2v) is 7.58. The zero-order chi connectivity index (χ0) is 18.8. The van der Waals surface area contributed by atoms with Crippen molar-refractivity contribution in [2.45, 2.75) is 32.6 Å². The standard InChI is InChI=1S/C23H26N2O2/c1-2-25-21-9-8-19(15-20(21)16-22(25)26)23(27)24-12-10-18(11-13-24)14-17-6-4-3-5-7-17/h3-9,15,18H,2,10-14,16H2,1H3. The first-order chi connectivity index (χ1) is 13.2. The first-order valence-corrected chi connectivity index (χ1v) is 9.92. The average molecular weight is 362 g/mol. The summed E-state index contributed by atoms with van der Waals surface area (Å²) in [5.41, 5.74) is 4.03. The van der Waals surface area contributed by atoms with Crippen LogP contribution in [0.25, 0.3) is 0 Å². The predicted octanol–water partition coefficient (Wildman–Crippen LogP) is 3.69. The van der Waals surface area contributed by atoms with Crippen molar-refractivity contribution in [1.29, 1.82) is 0 Å². The molecule has 2 aliphatic heterocycles. The smallest absolute Gasteiger partial charge is 0.253 e. The highest BCUT2D eigenvalue weighted by Crippen LogP contribution is 2.30. The van der Waals surface area contributed by atoms with Crippen LogP contribution in [0.3, 0.4) is 0 Å². The molecule has 27 heavy (non-hydrogen) atoms. The normalized spacial score (nSPS) is 17.3. The van der Waals surface area contributed by atoms with Crippen molar-refractivity contribution in [3.8, 4) is 0 Å². The molecule has 2 heterocycles. The monoisotopic (exact) mass is 362 g/mol. The number of anilines is 1. The van der Waals surface area contributed by atoms with E-state index in [1.54, 1.807) is 4.90 Å². The van der Waals surface area contributed by atoms with Crippen LogP contribution in [0.2, 0.25) is 0 Å². The van der Waals surface area contributed by atoms with Gasteiger partial charge in [0.1, 0.15) is 0 Å². The SMILES string of the molecule is CCN1C(=O)Cc2cc(C(=O)N3CCC(Cc4ccccc4)CC3)ccc21. The molecule has 1 saturated heterocycles. The molecule has 4 heteroatoms. The van der Waals surface area contributed by atoms with Gasteiger partial charge in [-0.1, -0.05) is 30.3 Å². The maximum absolute atomic E-state index is 12.9. The number of amides is 2. The van der Waals surface area contributed by atoms with E-state index in [0.717, 1.165) is 43.6 Å². The molecule has 0 saturated carbocycles. The maximum atomic E-state index is 12.9. The zero-order valence-electron chi connectivity index (χ0n) is 15.9. The molecule has 0 unspecified atom stereocenters. The highest BCUT2D eigenvalue weighted by atomic mass is 16.2. The van der Waals surface area contributed by atoms with Gasteiger partial charge in [0.05, 0.1) is 6.42 Å². The summed E-state index contributed by atoms with van der Waals surface area (Å²) in [5, 5.41) is 0. The Balaban J connectivity index is 1.39. The van der Waals surface area contributed by atoms with Gasteiger partial charge in [-0.2, -0.15) is 0 Å². The van der Waals surface area contributed by atoms with Crippen molar-refractivity contribution in [3.63, 3.8) is 0 Å². The Labute approximate surface area is 160 Å². The van der Waals surface area contributed by atoms with Crippen LogP contribution in [-0.4, -0.2) is 36.3 Å². The lowest BCUT2D eigenvalue weighted by molar-refractivity contribution is -0.117. The molecular formula is C23H26N2O2. The van der Waals surface area contributed by atoms with Crippen molar-refractivity contribution in [3.05, 3.63) is 65.2 Å². The van der Waals surface area contributed by atoms with Crippen molar-refractivity contribution >= 4 is 17.5 Å². The summed E-state index contributed by atoms with van der Waals surface area (Å²) in [7, 11) is 0. The summed E-state index contributed by atoms with van der Waals surface area (Å²) in [6, 6.07) is 16.3. The number of hydrogen-bond donors (Lipinski definition) is 0. The van der Waals surface area contributed by atoms with E-state index >= 15 is 0 Å². The number of hydrogen-bond acceptors (Lipinski definition) is 2. The summed E-state index contributed by atoms with van der Waals surface area (Å²) in [6.07, 6.45) is 3.60. The molecule has 0 aromatic heterocycles. The molecule has 2 aliphatic rings. The highest BCUT2D eigenvalue weighted by molar-refractivity contribution is 6.03. The molecule has 0 N–H and O–H groups in total. The molecule has 2 aromatic carbocycles. The van der Waals surface area contributed by atoms with E-state index in [4.69, 9.17) is 0 Å². The molecule has 0 spiro atoms. The molecule has 0 radical (unpaired) electrons. The summed E-state index contributed by atoms with van der Waals surface area (Å²) in [4.78, 5) is 28.7. The molecule has 0 bridgehead atoms. The van der Waals surface area contributed by atoms with Gasteiger partial charge < -0.3 is 9.80 Å². The molecule has 140 valence electrons. The highest BCUT2D eigenvalue weighted by Gasteiger charge is 2.28. The van der Waals surface area contributed by atoms with Gasteiger partial charge in [-0.15, -0.1) is 0 Å². The molecule has 1 fully saturated rings. The molecule has 2 aromatic rings. The van der Waals surface area contributed by atoms with Crippen LogP contribution in [0, 0.1) is 5.92 Å². The second-order valence-electron chi connectivity index (χ2n) is 7.58. The number of nitrogens with zero attached hydrogens (tertiary/aromatic N) is 2. The van der Waals surface area contributed by atoms with Crippen molar-refractivity contribution in [2.75, 3.05) is 24.5 Å². The number of benzene rings is 2. The molecule has 2 amide bonds. The summed E-state index contributed by atoms with van der Waals surface area (Å²) < 4.78 is 0. The van der Waals surface area contributed by atoms with Crippen molar-refractivity contribution in [2.24, 2.45) is 5.92 Å². The fourth-order valence-electron chi connectivity index (χ4n) is 4.33. The lowest BCUT2D eigenvalue weighted by Gasteiger charge is -2.32. The van der Waals surface area contributed by atoms with Gasteiger partial charge in [-0.05, 0) is 61.4 Å². The Morgan fingerprint density at radius 3 is 2.52 bits per heavy atom.